The summed E-state index contributed by atoms with van der Waals surface area (Å²) < 4.78 is 14.2. The highest BCUT2D eigenvalue weighted by Crippen LogP contribution is 2.15. The predicted octanol–water partition coefficient (Wildman–Crippen LogP) is 4.01. The van der Waals surface area contributed by atoms with Crippen LogP contribution in [0.3, 0.4) is 0 Å². The molecule has 2 aromatic rings. The number of phenolic OH excluding ortho intramolecular Hbond substituents is 1. The second kappa shape index (κ2) is 6.86. The van der Waals surface area contributed by atoms with E-state index in [0.29, 0.717) is 6.54 Å². The van der Waals surface area contributed by atoms with Crippen LogP contribution < -0.4 is 5.32 Å². The summed E-state index contributed by atoms with van der Waals surface area (Å²) in [5.74, 6) is -0.454. The minimum Gasteiger partial charge on any atom is -0.508 e. The number of benzene rings is 2. The van der Waals surface area contributed by atoms with Gasteiger partial charge in [0.05, 0.1) is 0 Å². The summed E-state index contributed by atoms with van der Waals surface area (Å²) >= 11 is 3.41. The Morgan fingerprint density at radius 1 is 1.15 bits per heavy atom. The van der Waals surface area contributed by atoms with Crippen molar-refractivity contribution in [2.24, 2.45) is 0 Å². The molecule has 0 aliphatic carbocycles. The van der Waals surface area contributed by atoms with Crippen molar-refractivity contribution in [2.45, 2.75) is 25.9 Å². The van der Waals surface area contributed by atoms with E-state index >= 15 is 0 Å². The lowest BCUT2D eigenvalue weighted by Gasteiger charge is -2.14. The van der Waals surface area contributed by atoms with E-state index in [4.69, 9.17) is 0 Å². The average Bonchev–Trinajstić information content (AvgIpc) is 2.38. The van der Waals surface area contributed by atoms with E-state index in [1.54, 1.807) is 6.07 Å². The Balaban J connectivity index is 1.88. The van der Waals surface area contributed by atoms with Crippen LogP contribution in [0, 0.1) is 5.82 Å². The molecule has 0 radical (unpaired) electrons. The van der Waals surface area contributed by atoms with Gasteiger partial charge in [-0.25, -0.2) is 4.39 Å². The molecule has 2 rings (SSSR count). The molecule has 0 aliphatic rings. The number of aromatic hydroxyl groups is 1. The average molecular weight is 338 g/mol. The van der Waals surface area contributed by atoms with Crippen molar-refractivity contribution in [3.05, 3.63) is 63.9 Å². The highest BCUT2D eigenvalue weighted by Gasteiger charge is 2.05. The van der Waals surface area contributed by atoms with Gasteiger partial charge in [-0.15, -0.1) is 0 Å². The largest absolute Gasteiger partial charge is 0.508 e. The molecule has 0 heterocycles. The molecular formula is C16H17BrFNO. The number of halogens is 2. The quantitative estimate of drug-likeness (QED) is 0.863. The van der Waals surface area contributed by atoms with Crippen LogP contribution in [0.15, 0.2) is 46.9 Å². The second-order valence-corrected chi connectivity index (χ2v) is 5.85. The molecule has 106 valence electrons. The molecule has 0 saturated carbocycles. The molecule has 0 spiro atoms. The number of phenols is 1. The van der Waals surface area contributed by atoms with Crippen LogP contribution in [0.1, 0.15) is 18.1 Å². The summed E-state index contributed by atoms with van der Waals surface area (Å²) in [6.07, 6.45) is 0.897. The highest BCUT2D eigenvalue weighted by molar-refractivity contribution is 9.10. The van der Waals surface area contributed by atoms with E-state index < -0.39 is 5.82 Å². The van der Waals surface area contributed by atoms with E-state index in [0.717, 1.165) is 22.5 Å². The first-order valence-corrected chi connectivity index (χ1v) is 7.28. The molecule has 1 atom stereocenters. The van der Waals surface area contributed by atoms with E-state index in [-0.39, 0.29) is 11.8 Å². The third-order valence-corrected chi connectivity index (χ3v) is 3.58. The molecule has 4 heteroatoms. The van der Waals surface area contributed by atoms with Crippen molar-refractivity contribution >= 4 is 15.9 Å². The third-order valence-electron chi connectivity index (χ3n) is 3.05. The Kier molecular flexibility index (Phi) is 5.15. The van der Waals surface area contributed by atoms with Crippen molar-refractivity contribution in [1.82, 2.24) is 5.32 Å². The van der Waals surface area contributed by atoms with Crippen LogP contribution in [0.25, 0.3) is 0 Å². The van der Waals surface area contributed by atoms with Gasteiger partial charge in [-0.05, 0) is 48.7 Å². The third kappa shape index (κ3) is 4.62. The lowest BCUT2D eigenvalue weighted by atomic mass is 10.1. The van der Waals surface area contributed by atoms with E-state index in [9.17, 15) is 9.50 Å². The first kappa shape index (κ1) is 15.0. The molecule has 0 aromatic heterocycles. The molecule has 0 amide bonds. The second-order valence-electron chi connectivity index (χ2n) is 4.93. The summed E-state index contributed by atoms with van der Waals surface area (Å²) in [6.45, 7) is 2.62. The number of hydrogen-bond acceptors (Lipinski definition) is 2. The van der Waals surface area contributed by atoms with Crippen LogP contribution in [-0.4, -0.2) is 11.1 Å². The lowest BCUT2D eigenvalue weighted by Crippen LogP contribution is -2.27. The zero-order chi connectivity index (χ0) is 14.5. The molecule has 1 unspecified atom stereocenters. The summed E-state index contributed by atoms with van der Waals surface area (Å²) in [4.78, 5) is 0. The monoisotopic (exact) mass is 337 g/mol. The molecule has 0 fully saturated rings. The Morgan fingerprint density at radius 2 is 1.85 bits per heavy atom. The van der Waals surface area contributed by atoms with Gasteiger partial charge in [-0.1, -0.05) is 28.1 Å². The minimum absolute atomic E-state index is 0.0395. The smallest absolute Gasteiger partial charge is 0.127 e. The fraction of sp³-hybridized carbons (Fsp3) is 0.250. The molecular weight excluding hydrogens is 321 g/mol. The summed E-state index contributed by atoms with van der Waals surface area (Å²) in [5, 5.41) is 12.7. The predicted molar refractivity (Wildman–Crippen MR) is 82.2 cm³/mol. The summed E-state index contributed by atoms with van der Waals surface area (Å²) in [5.41, 5.74) is 1.99. The molecule has 2 nitrogen and oxygen atoms in total. The maximum absolute atomic E-state index is 13.1. The van der Waals surface area contributed by atoms with E-state index in [1.807, 2.05) is 12.1 Å². The number of hydrogen-bond donors (Lipinski definition) is 2. The van der Waals surface area contributed by atoms with Gasteiger partial charge in [-0.2, -0.15) is 0 Å². The fourth-order valence-electron chi connectivity index (χ4n) is 2.07. The Morgan fingerprint density at radius 3 is 2.50 bits per heavy atom. The summed E-state index contributed by atoms with van der Waals surface area (Å²) in [6, 6.07) is 12.6. The standard InChI is InChI=1S/C16H17BrFNO/c1-11(6-12-2-4-14(17)5-3-12)19-10-13-7-15(18)9-16(20)8-13/h2-5,7-9,11,19-20H,6,10H2,1H3. The SMILES string of the molecule is CC(Cc1ccc(Br)cc1)NCc1cc(O)cc(F)c1. The van der Waals surface area contributed by atoms with Crippen molar-refractivity contribution < 1.29 is 9.50 Å². The zero-order valence-electron chi connectivity index (χ0n) is 11.2. The van der Waals surface area contributed by atoms with E-state index in [1.165, 1.54) is 11.6 Å². The van der Waals surface area contributed by atoms with Crippen LogP contribution in [-0.2, 0) is 13.0 Å². The van der Waals surface area contributed by atoms with Gasteiger partial charge in [0.25, 0.3) is 0 Å². The van der Waals surface area contributed by atoms with Crippen molar-refractivity contribution in [1.29, 1.82) is 0 Å². The maximum atomic E-state index is 13.1. The molecule has 0 bridgehead atoms. The summed E-state index contributed by atoms with van der Waals surface area (Å²) in [7, 11) is 0. The van der Waals surface area contributed by atoms with Crippen molar-refractivity contribution in [3.63, 3.8) is 0 Å². The normalized spacial score (nSPS) is 12.3. The zero-order valence-corrected chi connectivity index (χ0v) is 12.8. The van der Waals surface area contributed by atoms with Gasteiger partial charge in [0, 0.05) is 23.1 Å². The molecule has 2 N–H and O–H groups in total. The van der Waals surface area contributed by atoms with Gasteiger partial charge in [0.15, 0.2) is 0 Å². The molecule has 0 saturated heterocycles. The van der Waals surface area contributed by atoms with Crippen LogP contribution >= 0.6 is 15.9 Å². The fourth-order valence-corrected chi connectivity index (χ4v) is 2.34. The van der Waals surface area contributed by atoms with Crippen LogP contribution in [0.2, 0.25) is 0 Å². The molecule has 20 heavy (non-hydrogen) atoms. The molecule has 0 aliphatic heterocycles. The van der Waals surface area contributed by atoms with E-state index in [2.05, 4.69) is 40.3 Å². The van der Waals surface area contributed by atoms with Gasteiger partial charge in [0.2, 0.25) is 0 Å². The van der Waals surface area contributed by atoms with Gasteiger partial charge >= 0.3 is 0 Å². The van der Waals surface area contributed by atoms with Crippen molar-refractivity contribution in [2.75, 3.05) is 0 Å². The Labute approximate surface area is 126 Å². The van der Waals surface area contributed by atoms with Crippen LogP contribution in [0.4, 0.5) is 4.39 Å². The minimum atomic E-state index is -0.414. The molecule has 2 aromatic carbocycles. The number of nitrogens with one attached hydrogen (secondary N) is 1. The first-order chi connectivity index (χ1) is 9.52. The maximum Gasteiger partial charge on any atom is 0.127 e. The lowest BCUT2D eigenvalue weighted by molar-refractivity contribution is 0.466. The Hall–Kier alpha value is -1.39. The van der Waals surface area contributed by atoms with Gasteiger partial charge < -0.3 is 10.4 Å². The first-order valence-electron chi connectivity index (χ1n) is 6.49. The Bertz CT molecular complexity index is 551. The van der Waals surface area contributed by atoms with Gasteiger partial charge in [0.1, 0.15) is 11.6 Å². The highest BCUT2D eigenvalue weighted by atomic mass is 79.9. The van der Waals surface area contributed by atoms with Crippen LogP contribution in [0.5, 0.6) is 5.75 Å². The topological polar surface area (TPSA) is 32.3 Å². The van der Waals surface area contributed by atoms with Crippen molar-refractivity contribution in [3.8, 4) is 5.75 Å². The van der Waals surface area contributed by atoms with Gasteiger partial charge in [-0.3, -0.25) is 0 Å². The number of rotatable bonds is 5.